The van der Waals surface area contributed by atoms with Crippen LogP contribution in [0.25, 0.3) is 0 Å². The molecule has 1 aromatic heterocycles. The molecular weight excluding hydrogens is 226 g/mol. The second-order valence-corrected chi connectivity index (χ2v) is 4.55. The molecule has 0 spiro atoms. The van der Waals surface area contributed by atoms with Crippen LogP contribution in [0.5, 0.6) is 0 Å². The van der Waals surface area contributed by atoms with Crippen molar-refractivity contribution in [3.8, 4) is 0 Å². The molecule has 2 rings (SSSR count). The summed E-state index contributed by atoms with van der Waals surface area (Å²) in [5.74, 6) is -0.176. The van der Waals surface area contributed by atoms with E-state index in [0.717, 1.165) is 12.1 Å². The molecular formula is C10H13N3O2S. The van der Waals surface area contributed by atoms with Crippen LogP contribution in [0.1, 0.15) is 21.8 Å². The largest absolute Gasteiger partial charge is 0.354 e. The maximum atomic E-state index is 12.1. The van der Waals surface area contributed by atoms with Gasteiger partial charge in [0.25, 0.3) is 5.91 Å². The predicted molar refractivity (Wildman–Crippen MR) is 60.4 cm³/mol. The SMILES string of the molecule is Cc1ncsc1C(=O)N1CCCNC(=O)C1. The fraction of sp³-hybridized carbons (Fsp3) is 0.500. The lowest BCUT2D eigenvalue weighted by atomic mass is 10.3. The fourth-order valence-corrected chi connectivity index (χ4v) is 2.40. The van der Waals surface area contributed by atoms with Gasteiger partial charge in [0.15, 0.2) is 0 Å². The highest BCUT2D eigenvalue weighted by molar-refractivity contribution is 7.11. The molecule has 0 bridgehead atoms. The maximum absolute atomic E-state index is 12.1. The van der Waals surface area contributed by atoms with Crippen LogP contribution in [-0.2, 0) is 4.79 Å². The average Bonchev–Trinajstić information content (AvgIpc) is 2.55. The highest BCUT2D eigenvalue weighted by Gasteiger charge is 2.23. The summed E-state index contributed by atoms with van der Waals surface area (Å²) in [5, 5.41) is 2.74. The van der Waals surface area contributed by atoms with Crippen molar-refractivity contribution in [2.75, 3.05) is 19.6 Å². The van der Waals surface area contributed by atoms with Crippen molar-refractivity contribution in [2.24, 2.45) is 0 Å². The number of hydrogen-bond donors (Lipinski definition) is 1. The minimum Gasteiger partial charge on any atom is -0.354 e. The Morgan fingerprint density at radius 1 is 1.62 bits per heavy atom. The molecule has 1 saturated heterocycles. The van der Waals surface area contributed by atoms with E-state index in [1.807, 2.05) is 6.92 Å². The molecule has 1 aliphatic rings. The number of carbonyl (C=O) groups is 2. The van der Waals surface area contributed by atoms with E-state index < -0.39 is 0 Å². The van der Waals surface area contributed by atoms with Crippen LogP contribution in [0.4, 0.5) is 0 Å². The molecule has 1 fully saturated rings. The molecule has 1 aromatic rings. The zero-order chi connectivity index (χ0) is 11.5. The lowest BCUT2D eigenvalue weighted by Gasteiger charge is -2.18. The van der Waals surface area contributed by atoms with Crippen molar-refractivity contribution in [3.05, 3.63) is 16.1 Å². The Morgan fingerprint density at radius 3 is 3.12 bits per heavy atom. The Labute approximate surface area is 97.5 Å². The number of aryl methyl sites for hydroxylation is 1. The topological polar surface area (TPSA) is 62.3 Å². The number of hydrogen-bond acceptors (Lipinski definition) is 4. The van der Waals surface area contributed by atoms with E-state index in [2.05, 4.69) is 10.3 Å². The van der Waals surface area contributed by atoms with Crippen molar-refractivity contribution in [1.29, 1.82) is 0 Å². The van der Waals surface area contributed by atoms with Gasteiger partial charge in [-0.2, -0.15) is 0 Å². The summed E-state index contributed by atoms with van der Waals surface area (Å²) in [6, 6.07) is 0. The predicted octanol–water partition coefficient (Wildman–Crippen LogP) is 0.414. The van der Waals surface area contributed by atoms with Gasteiger partial charge in [0.05, 0.1) is 17.7 Å². The Kier molecular flexibility index (Phi) is 3.19. The number of nitrogens with one attached hydrogen (secondary N) is 1. The molecule has 2 amide bonds. The van der Waals surface area contributed by atoms with Crippen molar-refractivity contribution in [2.45, 2.75) is 13.3 Å². The van der Waals surface area contributed by atoms with Crippen LogP contribution in [0.2, 0.25) is 0 Å². The molecule has 1 N–H and O–H groups in total. The number of carbonyl (C=O) groups excluding carboxylic acids is 2. The van der Waals surface area contributed by atoms with E-state index in [4.69, 9.17) is 0 Å². The number of aromatic nitrogens is 1. The number of thiazole rings is 1. The van der Waals surface area contributed by atoms with Crippen LogP contribution in [0.3, 0.4) is 0 Å². The third-order valence-electron chi connectivity index (χ3n) is 2.49. The van der Waals surface area contributed by atoms with Crippen molar-refractivity contribution >= 4 is 23.2 Å². The van der Waals surface area contributed by atoms with Gasteiger partial charge in [0, 0.05) is 13.1 Å². The number of nitrogens with zero attached hydrogens (tertiary/aromatic N) is 2. The van der Waals surface area contributed by atoms with Gasteiger partial charge in [-0.1, -0.05) is 0 Å². The summed E-state index contributed by atoms with van der Waals surface area (Å²) in [6.07, 6.45) is 0.801. The molecule has 0 atom stereocenters. The van der Waals surface area contributed by atoms with Crippen molar-refractivity contribution in [1.82, 2.24) is 15.2 Å². The van der Waals surface area contributed by atoms with Crippen molar-refractivity contribution < 1.29 is 9.59 Å². The minimum absolute atomic E-state index is 0.0861. The first-order chi connectivity index (χ1) is 7.68. The third-order valence-corrected chi connectivity index (χ3v) is 3.40. The van der Waals surface area contributed by atoms with Gasteiger partial charge in [-0.15, -0.1) is 11.3 Å². The summed E-state index contributed by atoms with van der Waals surface area (Å²) in [7, 11) is 0. The first-order valence-corrected chi connectivity index (χ1v) is 6.02. The molecule has 0 aliphatic carbocycles. The molecule has 6 heteroatoms. The van der Waals surface area contributed by atoms with Gasteiger partial charge in [0.2, 0.25) is 5.91 Å². The summed E-state index contributed by atoms with van der Waals surface area (Å²) in [6.45, 7) is 3.22. The van der Waals surface area contributed by atoms with E-state index in [9.17, 15) is 9.59 Å². The van der Waals surface area contributed by atoms with E-state index >= 15 is 0 Å². The highest BCUT2D eigenvalue weighted by Crippen LogP contribution is 2.15. The van der Waals surface area contributed by atoms with Crippen LogP contribution >= 0.6 is 11.3 Å². The van der Waals surface area contributed by atoms with Gasteiger partial charge in [0.1, 0.15) is 4.88 Å². The molecule has 0 aromatic carbocycles. The lowest BCUT2D eigenvalue weighted by Crippen LogP contribution is -2.37. The molecule has 86 valence electrons. The van der Waals surface area contributed by atoms with Crippen LogP contribution in [0, 0.1) is 6.92 Å². The van der Waals surface area contributed by atoms with E-state index in [1.54, 1.807) is 10.4 Å². The summed E-state index contributed by atoms with van der Waals surface area (Å²) in [5.41, 5.74) is 2.39. The van der Waals surface area contributed by atoms with Gasteiger partial charge in [-0.05, 0) is 13.3 Å². The smallest absolute Gasteiger partial charge is 0.266 e. The quantitative estimate of drug-likeness (QED) is 0.772. The summed E-state index contributed by atoms with van der Waals surface area (Å²) in [4.78, 5) is 29.7. The molecule has 0 radical (unpaired) electrons. The second kappa shape index (κ2) is 4.61. The third kappa shape index (κ3) is 2.21. The molecule has 16 heavy (non-hydrogen) atoms. The van der Waals surface area contributed by atoms with Gasteiger partial charge < -0.3 is 10.2 Å². The van der Waals surface area contributed by atoms with Gasteiger partial charge >= 0.3 is 0 Å². The normalized spacial score (nSPS) is 16.8. The number of rotatable bonds is 1. The Morgan fingerprint density at radius 2 is 2.44 bits per heavy atom. The average molecular weight is 239 g/mol. The lowest BCUT2D eigenvalue weighted by molar-refractivity contribution is -0.121. The fourth-order valence-electron chi connectivity index (χ4n) is 1.63. The van der Waals surface area contributed by atoms with Crippen LogP contribution in [0.15, 0.2) is 5.51 Å². The highest BCUT2D eigenvalue weighted by atomic mass is 32.1. The first kappa shape index (κ1) is 11.1. The van der Waals surface area contributed by atoms with E-state index in [1.165, 1.54) is 11.3 Å². The van der Waals surface area contributed by atoms with Crippen LogP contribution < -0.4 is 5.32 Å². The molecule has 1 aliphatic heterocycles. The molecule has 0 saturated carbocycles. The second-order valence-electron chi connectivity index (χ2n) is 3.70. The molecule has 2 heterocycles. The monoisotopic (exact) mass is 239 g/mol. The standard InChI is InChI=1S/C10H13N3O2S/c1-7-9(16-6-12-7)10(15)13-4-2-3-11-8(14)5-13/h6H,2-5H2,1H3,(H,11,14). The van der Waals surface area contributed by atoms with Crippen LogP contribution in [-0.4, -0.2) is 41.3 Å². The van der Waals surface area contributed by atoms with Gasteiger partial charge in [-0.25, -0.2) is 4.98 Å². The maximum Gasteiger partial charge on any atom is 0.266 e. The Balaban J connectivity index is 2.15. The zero-order valence-corrected chi connectivity index (χ0v) is 9.84. The van der Waals surface area contributed by atoms with E-state index in [-0.39, 0.29) is 18.4 Å². The molecule has 5 nitrogen and oxygen atoms in total. The van der Waals surface area contributed by atoms with Gasteiger partial charge in [-0.3, -0.25) is 9.59 Å². The summed E-state index contributed by atoms with van der Waals surface area (Å²) < 4.78 is 0. The Bertz CT molecular complexity index is 416. The first-order valence-electron chi connectivity index (χ1n) is 5.14. The minimum atomic E-state index is -0.0898. The van der Waals surface area contributed by atoms with E-state index in [0.29, 0.717) is 18.0 Å². The Hall–Kier alpha value is -1.43. The molecule has 0 unspecified atom stereocenters. The summed E-state index contributed by atoms with van der Waals surface area (Å²) >= 11 is 1.33. The number of amides is 2. The zero-order valence-electron chi connectivity index (χ0n) is 9.02. The van der Waals surface area contributed by atoms with Crippen molar-refractivity contribution in [3.63, 3.8) is 0 Å².